The number of imide groups is 2. The molecule has 0 aliphatic carbocycles. The Morgan fingerprint density at radius 2 is 1.86 bits per heavy atom. The predicted molar refractivity (Wildman–Crippen MR) is 140 cm³/mol. The third-order valence-corrected chi connectivity index (χ3v) is 6.79. The van der Waals surface area contributed by atoms with Crippen molar-refractivity contribution in [3.8, 4) is 17.2 Å². The topological polar surface area (TPSA) is 97.4 Å². The fourth-order valence-corrected chi connectivity index (χ4v) is 5.11. The third kappa shape index (κ3) is 4.10. The van der Waals surface area contributed by atoms with Gasteiger partial charge in [-0.3, -0.25) is 14.9 Å². The van der Waals surface area contributed by atoms with Gasteiger partial charge in [0.05, 0.1) is 18.3 Å². The van der Waals surface area contributed by atoms with Gasteiger partial charge in [0.15, 0.2) is 11.5 Å². The first-order chi connectivity index (χ1) is 17.6. The molecule has 3 aliphatic heterocycles. The number of hydrogen-bond acceptors (Lipinski definition) is 7. The van der Waals surface area contributed by atoms with E-state index in [1.54, 1.807) is 19.2 Å². The first-order valence-corrected chi connectivity index (χ1v) is 12.1. The van der Waals surface area contributed by atoms with Gasteiger partial charge >= 0.3 is 6.03 Å². The Balaban J connectivity index is 1.58. The number of rotatable bonds is 5. The first kappa shape index (κ1) is 24.4. The molecule has 2 aromatic carbocycles. The second-order valence-electron chi connectivity index (χ2n) is 9.74. The summed E-state index contributed by atoms with van der Waals surface area (Å²) in [6, 6.07) is 7.75. The van der Waals surface area contributed by atoms with Gasteiger partial charge in [0, 0.05) is 35.5 Å². The van der Waals surface area contributed by atoms with Crippen molar-refractivity contribution in [1.29, 1.82) is 0 Å². The van der Waals surface area contributed by atoms with Crippen molar-refractivity contribution in [2.45, 2.75) is 39.7 Å². The molecule has 0 saturated carbocycles. The number of barbiturate groups is 1. The van der Waals surface area contributed by atoms with Crippen LogP contribution in [0.1, 0.15) is 45.2 Å². The zero-order valence-corrected chi connectivity index (χ0v) is 21.5. The second-order valence-corrected chi connectivity index (χ2v) is 9.74. The van der Waals surface area contributed by atoms with E-state index in [4.69, 9.17) is 14.2 Å². The molecule has 0 bridgehead atoms. The molecule has 1 N–H and O–H groups in total. The van der Waals surface area contributed by atoms with Crippen molar-refractivity contribution in [3.63, 3.8) is 0 Å². The number of ether oxygens (including phenoxy) is 3. The molecular formula is C28H29N3O6. The van der Waals surface area contributed by atoms with E-state index < -0.39 is 17.8 Å². The van der Waals surface area contributed by atoms with Crippen LogP contribution in [0.5, 0.6) is 17.2 Å². The highest BCUT2D eigenvalue weighted by Crippen LogP contribution is 2.43. The van der Waals surface area contributed by atoms with Crippen LogP contribution in [-0.4, -0.2) is 43.8 Å². The van der Waals surface area contributed by atoms with Gasteiger partial charge in [0.1, 0.15) is 11.3 Å². The lowest BCUT2D eigenvalue weighted by Crippen LogP contribution is -2.54. The SMILES string of the molecule is CCCN1c2cc(OC)c(/C=C3/C(=O)NC(=O)N(c4ccc5c(c4)OCO5)C3=O)cc2C(C)=CC1(C)C. The molecule has 9 nitrogen and oxygen atoms in total. The summed E-state index contributed by atoms with van der Waals surface area (Å²) < 4.78 is 16.4. The van der Waals surface area contributed by atoms with Crippen LogP contribution < -0.4 is 29.3 Å². The Kier molecular flexibility index (Phi) is 5.94. The largest absolute Gasteiger partial charge is 0.496 e. The molecule has 0 atom stereocenters. The molecule has 4 amide bonds. The van der Waals surface area contributed by atoms with Crippen LogP contribution in [0.4, 0.5) is 16.2 Å². The number of benzene rings is 2. The number of fused-ring (bicyclic) bond motifs is 2. The fraction of sp³-hybridized carbons (Fsp3) is 0.321. The summed E-state index contributed by atoms with van der Waals surface area (Å²) in [5.41, 5.74) is 3.57. The lowest BCUT2D eigenvalue weighted by Gasteiger charge is -2.43. The monoisotopic (exact) mass is 503 g/mol. The Morgan fingerprint density at radius 3 is 2.59 bits per heavy atom. The summed E-state index contributed by atoms with van der Waals surface area (Å²) in [4.78, 5) is 42.2. The van der Waals surface area contributed by atoms with Crippen LogP contribution in [0, 0.1) is 0 Å². The van der Waals surface area contributed by atoms with Gasteiger partial charge < -0.3 is 19.1 Å². The number of methoxy groups -OCH3 is 1. The minimum Gasteiger partial charge on any atom is -0.496 e. The molecule has 37 heavy (non-hydrogen) atoms. The highest BCUT2D eigenvalue weighted by atomic mass is 16.7. The number of carbonyl (C=O) groups excluding carboxylic acids is 3. The van der Waals surface area contributed by atoms with E-state index in [0.717, 1.165) is 34.7 Å². The number of hydrogen-bond donors (Lipinski definition) is 1. The summed E-state index contributed by atoms with van der Waals surface area (Å²) in [5.74, 6) is -0.0622. The van der Waals surface area contributed by atoms with Crippen molar-refractivity contribution in [3.05, 3.63) is 53.1 Å². The maximum absolute atomic E-state index is 13.5. The Labute approximate surface area is 215 Å². The number of nitrogens with zero attached hydrogens (tertiary/aromatic N) is 2. The van der Waals surface area contributed by atoms with Gasteiger partial charge in [-0.05, 0) is 57.0 Å². The van der Waals surface area contributed by atoms with Crippen molar-refractivity contribution in [2.24, 2.45) is 0 Å². The van der Waals surface area contributed by atoms with Gasteiger partial charge in [0.25, 0.3) is 11.8 Å². The molecule has 9 heteroatoms. The average Bonchev–Trinajstić information content (AvgIpc) is 3.31. The fourth-order valence-electron chi connectivity index (χ4n) is 5.11. The minimum atomic E-state index is -0.834. The van der Waals surface area contributed by atoms with E-state index in [2.05, 4.69) is 37.1 Å². The van der Waals surface area contributed by atoms with Crippen molar-refractivity contribution >= 4 is 40.9 Å². The summed E-state index contributed by atoms with van der Waals surface area (Å²) in [6.45, 7) is 9.44. The zero-order valence-electron chi connectivity index (χ0n) is 21.5. The molecule has 1 fully saturated rings. The molecule has 0 aromatic heterocycles. The van der Waals surface area contributed by atoms with Crippen LogP contribution >= 0.6 is 0 Å². The molecule has 0 unspecified atom stereocenters. The molecule has 3 heterocycles. The van der Waals surface area contributed by atoms with Gasteiger partial charge in [-0.25, -0.2) is 9.69 Å². The summed E-state index contributed by atoms with van der Waals surface area (Å²) in [7, 11) is 1.55. The lowest BCUT2D eigenvalue weighted by atomic mass is 9.87. The first-order valence-electron chi connectivity index (χ1n) is 12.1. The third-order valence-electron chi connectivity index (χ3n) is 6.79. The standard InChI is InChI=1S/C28H29N3O6/c1-6-9-30-21-13-23(35-5)17(10-19(21)16(2)14-28(30,3)4)11-20-25(32)29-27(34)31(26(20)33)18-7-8-22-24(12-18)37-15-36-22/h7-8,10-14H,6,9,15H2,1-5H3,(H,29,32,34)/b20-11-. The molecule has 2 aromatic rings. The number of allylic oxidation sites excluding steroid dienone is 1. The molecule has 3 aliphatic rings. The number of amides is 4. The number of anilines is 2. The summed E-state index contributed by atoms with van der Waals surface area (Å²) in [6.07, 6.45) is 4.66. The molecule has 0 spiro atoms. The van der Waals surface area contributed by atoms with E-state index >= 15 is 0 Å². The molecule has 0 radical (unpaired) electrons. The van der Waals surface area contributed by atoms with Crippen molar-refractivity contribution in [2.75, 3.05) is 30.2 Å². The van der Waals surface area contributed by atoms with Crippen LogP contribution in [0.15, 0.2) is 42.0 Å². The van der Waals surface area contributed by atoms with Crippen molar-refractivity contribution < 1.29 is 28.6 Å². The van der Waals surface area contributed by atoms with E-state index in [-0.39, 0.29) is 23.6 Å². The molecule has 5 rings (SSSR count). The van der Waals surface area contributed by atoms with E-state index in [9.17, 15) is 14.4 Å². The number of nitrogens with one attached hydrogen (secondary N) is 1. The predicted octanol–water partition coefficient (Wildman–Crippen LogP) is 4.50. The van der Waals surface area contributed by atoms with Gasteiger partial charge in [-0.1, -0.05) is 13.0 Å². The van der Waals surface area contributed by atoms with Crippen LogP contribution in [-0.2, 0) is 9.59 Å². The van der Waals surface area contributed by atoms with Crippen molar-refractivity contribution in [1.82, 2.24) is 5.32 Å². The van der Waals surface area contributed by atoms with Gasteiger partial charge in [-0.15, -0.1) is 0 Å². The van der Waals surface area contributed by atoms with E-state index in [1.165, 1.54) is 12.1 Å². The van der Waals surface area contributed by atoms with Crippen LogP contribution in [0.2, 0.25) is 0 Å². The maximum atomic E-state index is 13.5. The molecule has 1 saturated heterocycles. The normalized spacial score (nSPS) is 19.1. The van der Waals surface area contributed by atoms with Gasteiger partial charge in [0.2, 0.25) is 6.79 Å². The summed E-state index contributed by atoms with van der Waals surface area (Å²) >= 11 is 0. The number of carbonyl (C=O) groups is 3. The van der Waals surface area contributed by atoms with Crippen LogP contribution in [0.3, 0.4) is 0 Å². The highest BCUT2D eigenvalue weighted by molar-refractivity contribution is 6.39. The molecular weight excluding hydrogens is 474 g/mol. The summed E-state index contributed by atoms with van der Waals surface area (Å²) in [5, 5.41) is 2.27. The Bertz CT molecular complexity index is 1390. The molecule has 192 valence electrons. The average molecular weight is 504 g/mol. The minimum absolute atomic E-state index is 0.0570. The maximum Gasteiger partial charge on any atom is 0.335 e. The highest BCUT2D eigenvalue weighted by Gasteiger charge is 2.38. The Morgan fingerprint density at radius 1 is 1.11 bits per heavy atom. The smallest absolute Gasteiger partial charge is 0.335 e. The van der Waals surface area contributed by atoms with Crippen LogP contribution in [0.25, 0.3) is 11.6 Å². The number of urea groups is 1. The Hall–Kier alpha value is -4.27. The van der Waals surface area contributed by atoms with E-state index in [1.807, 2.05) is 19.1 Å². The second kappa shape index (κ2) is 8.99. The quantitative estimate of drug-likeness (QED) is 0.474. The van der Waals surface area contributed by atoms with Gasteiger partial charge in [-0.2, -0.15) is 0 Å². The van der Waals surface area contributed by atoms with E-state index in [0.29, 0.717) is 22.8 Å². The zero-order chi connectivity index (χ0) is 26.5. The lowest BCUT2D eigenvalue weighted by molar-refractivity contribution is -0.122.